The molecule has 2 N–H and O–H groups in total. The van der Waals surface area contributed by atoms with E-state index in [1.807, 2.05) is 48.5 Å². The third-order valence-corrected chi connectivity index (χ3v) is 6.23. The fraction of sp³-hybridized carbons (Fsp3) is 0.192. The van der Waals surface area contributed by atoms with Gasteiger partial charge in [0.1, 0.15) is 17.3 Å². The van der Waals surface area contributed by atoms with E-state index in [1.165, 1.54) is 17.6 Å². The largest absolute Gasteiger partial charge is 0.497 e. The zero-order chi connectivity index (χ0) is 24.8. The molecule has 4 aromatic rings. The van der Waals surface area contributed by atoms with E-state index in [0.717, 1.165) is 22.6 Å². The van der Waals surface area contributed by atoms with Crippen LogP contribution in [0.4, 0.5) is 5.13 Å². The van der Waals surface area contributed by atoms with Gasteiger partial charge in [-0.3, -0.25) is 14.9 Å². The summed E-state index contributed by atoms with van der Waals surface area (Å²) in [6.45, 7) is 1.72. The Labute approximate surface area is 206 Å². The minimum absolute atomic E-state index is 0.0694. The Hall–Kier alpha value is -4.11. The SMILES string of the molecule is COc1ccc(C(NC(=O)Cc2csc(NC(=O)c3ccoc3C)n2)c2ccc(OC)cc2)cc1. The van der Waals surface area contributed by atoms with Crippen LogP contribution in [-0.2, 0) is 11.2 Å². The third-order valence-electron chi connectivity index (χ3n) is 5.42. The van der Waals surface area contributed by atoms with Crippen LogP contribution < -0.4 is 20.1 Å². The van der Waals surface area contributed by atoms with Crippen LogP contribution in [-0.4, -0.2) is 31.0 Å². The lowest BCUT2D eigenvalue weighted by molar-refractivity contribution is -0.121. The Kier molecular flexibility index (Phi) is 7.47. The maximum Gasteiger partial charge on any atom is 0.260 e. The van der Waals surface area contributed by atoms with Crippen molar-refractivity contribution in [3.05, 3.63) is 94.4 Å². The number of anilines is 1. The van der Waals surface area contributed by atoms with Gasteiger partial charge in [-0.2, -0.15) is 0 Å². The molecule has 0 bridgehead atoms. The standard InChI is InChI=1S/C26H25N3O5S/c1-16-22(12-13-34-16)25(31)29-26-27-19(15-35-26)14-23(30)28-24(17-4-8-20(32-2)9-5-17)18-6-10-21(33-3)11-7-18/h4-13,15,24H,14H2,1-3H3,(H,28,30)(H,27,29,31). The zero-order valence-electron chi connectivity index (χ0n) is 19.5. The van der Waals surface area contributed by atoms with Gasteiger partial charge in [0.05, 0.1) is 44.2 Å². The smallest absolute Gasteiger partial charge is 0.260 e. The molecule has 0 saturated heterocycles. The lowest BCUT2D eigenvalue weighted by atomic mass is 9.98. The van der Waals surface area contributed by atoms with Gasteiger partial charge in [0.2, 0.25) is 5.91 Å². The summed E-state index contributed by atoms with van der Waals surface area (Å²) in [5.74, 6) is 1.49. The van der Waals surface area contributed by atoms with E-state index >= 15 is 0 Å². The summed E-state index contributed by atoms with van der Waals surface area (Å²) in [6.07, 6.45) is 1.53. The third kappa shape index (κ3) is 5.88. The summed E-state index contributed by atoms with van der Waals surface area (Å²) in [6, 6.07) is 16.3. The number of aromatic nitrogens is 1. The van der Waals surface area contributed by atoms with E-state index < -0.39 is 0 Å². The van der Waals surface area contributed by atoms with Crippen molar-refractivity contribution in [2.75, 3.05) is 19.5 Å². The van der Waals surface area contributed by atoms with Crippen molar-refractivity contribution in [1.29, 1.82) is 0 Å². The van der Waals surface area contributed by atoms with Crippen molar-refractivity contribution in [1.82, 2.24) is 10.3 Å². The van der Waals surface area contributed by atoms with Crippen LogP contribution in [0.3, 0.4) is 0 Å². The van der Waals surface area contributed by atoms with Crippen molar-refractivity contribution in [2.45, 2.75) is 19.4 Å². The van der Waals surface area contributed by atoms with E-state index in [-0.39, 0.29) is 24.3 Å². The Morgan fingerprint density at radius 2 is 1.57 bits per heavy atom. The predicted molar refractivity (Wildman–Crippen MR) is 133 cm³/mol. The number of carbonyl (C=O) groups excluding carboxylic acids is 2. The van der Waals surface area contributed by atoms with Gasteiger partial charge in [0, 0.05) is 5.38 Å². The molecule has 0 spiro atoms. The van der Waals surface area contributed by atoms with E-state index in [4.69, 9.17) is 13.9 Å². The summed E-state index contributed by atoms with van der Waals surface area (Å²) in [5, 5.41) is 8.02. The summed E-state index contributed by atoms with van der Waals surface area (Å²) in [7, 11) is 3.22. The maximum absolute atomic E-state index is 13.0. The fourth-order valence-electron chi connectivity index (χ4n) is 3.56. The first-order chi connectivity index (χ1) is 17.0. The fourth-order valence-corrected chi connectivity index (χ4v) is 4.26. The Bertz CT molecular complexity index is 1250. The molecule has 0 aliphatic carbocycles. The number of hydrogen-bond donors (Lipinski definition) is 2. The highest BCUT2D eigenvalue weighted by Crippen LogP contribution is 2.26. The number of benzene rings is 2. The maximum atomic E-state index is 13.0. The van der Waals surface area contributed by atoms with Gasteiger partial charge in [-0.1, -0.05) is 24.3 Å². The van der Waals surface area contributed by atoms with Gasteiger partial charge in [-0.05, 0) is 48.4 Å². The Morgan fingerprint density at radius 3 is 2.09 bits per heavy atom. The molecule has 2 heterocycles. The average molecular weight is 492 g/mol. The minimum Gasteiger partial charge on any atom is -0.497 e. The van der Waals surface area contributed by atoms with Crippen LogP contribution in [0.5, 0.6) is 11.5 Å². The van der Waals surface area contributed by atoms with E-state index in [2.05, 4.69) is 15.6 Å². The molecule has 0 radical (unpaired) electrons. The highest BCUT2D eigenvalue weighted by Gasteiger charge is 2.19. The molecule has 180 valence electrons. The van der Waals surface area contributed by atoms with Crippen molar-refractivity contribution in [2.24, 2.45) is 0 Å². The molecule has 0 aliphatic rings. The van der Waals surface area contributed by atoms with Gasteiger partial charge in [0.25, 0.3) is 5.91 Å². The molecule has 2 aromatic heterocycles. The van der Waals surface area contributed by atoms with Crippen LogP contribution in [0.25, 0.3) is 0 Å². The summed E-state index contributed by atoms with van der Waals surface area (Å²) in [4.78, 5) is 29.7. The molecule has 9 heteroatoms. The highest BCUT2D eigenvalue weighted by atomic mass is 32.1. The molecule has 2 aromatic carbocycles. The molecular formula is C26H25N3O5S. The van der Waals surface area contributed by atoms with E-state index in [0.29, 0.717) is 22.1 Å². The quantitative estimate of drug-likeness (QED) is 0.350. The molecular weight excluding hydrogens is 466 g/mol. The molecule has 0 saturated carbocycles. The van der Waals surface area contributed by atoms with Gasteiger partial charge < -0.3 is 19.2 Å². The minimum atomic E-state index is -0.374. The molecule has 8 nitrogen and oxygen atoms in total. The summed E-state index contributed by atoms with van der Waals surface area (Å²) in [5.41, 5.74) is 2.83. The van der Waals surface area contributed by atoms with Gasteiger partial charge >= 0.3 is 0 Å². The van der Waals surface area contributed by atoms with Crippen LogP contribution in [0.15, 0.2) is 70.7 Å². The number of rotatable bonds is 9. The van der Waals surface area contributed by atoms with Crippen LogP contribution in [0, 0.1) is 6.92 Å². The van der Waals surface area contributed by atoms with Gasteiger partial charge in [-0.15, -0.1) is 11.3 Å². The number of amides is 2. The summed E-state index contributed by atoms with van der Waals surface area (Å²) < 4.78 is 15.7. The normalized spacial score (nSPS) is 10.7. The number of methoxy groups -OCH3 is 2. The van der Waals surface area contributed by atoms with E-state index in [9.17, 15) is 9.59 Å². The Balaban J connectivity index is 1.46. The second-order valence-corrected chi connectivity index (χ2v) is 8.57. The number of aryl methyl sites for hydroxylation is 1. The van der Waals surface area contributed by atoms with Gasteiger partial charge in [0.15, 0.2) is 5.13 Å². The number of hydrogen-bond acceptors (Lipinski definition) is 7. The van der Waals surface area contributed by atoms with Crippen LogP contribution in [0.2, 0.25) is 0 Å². The molecule has 0 aliphatic heterocycles. The molecule has 2 amide bonds. The first-order valence-electron chi connectivity index (χ1n) is 10.8. The molecule has 4 rings (SSSR count). The van der Waals surface area contributed by atoms with Crippen molar-refractivity contribution in [3.63, 3.8) is 0 Å². The predicted octanol–water partition coefficient (Wildman–Crippen LogP) is 4.76. The first-order valence-corrected chi connectivity index (χ1v) is 11.7. The second-order valence-electron chi connectivity index (χ2n) is 7.71. The van der Waals surface area contributed by atoms with Crippen molar-refractivity contribution in [3.8, 4) is 11.5 Å². The van der Waals surface area contributed by atoms with Crippen LogP contribution in [0.1, 0.15) is 39.0 Å². The molecule has 0 fully saturated rings. The lowest BCUT2D eigenvalue weighted by Gasteiger charge is -2.20. The molecule has 0 unspecified atom stereocenters. The zero-order valence-corrected chi connectivity index (χ0v) is 20.3. The topological polar surface area (TPSA) is 103 Å². The monoisotopic (exact) mass is 491 g/mol. The van der Waals surface area contributed by atoms with Crippen LogP contribution >= 0.6 is 11.3 Å². The molecule has 0 atom stereocenters. The number of nitrogens with one attached hydrogen (secondary N) is 2. The second kappa shape index (κ2) is 10.9. The summed E-state index contributed by atoms with van der Waals surface area (Å²) >= 11 is 1.26. The number of nitrogens with zero attached hydrogens (tertiary/aromatic N) is 1. The Morgan fingerprint density at radius 1 is 0.971 bits per heavy atom. The lowest BCUT2D eigenvalue weighted by Crippen LogP contribution is -2.30. The number of ether oxygens (including phenoxy) is 2. The first kappa shape index (κ1) is 24.0. The van der Waals surface area contributed by atoms with Crippen molar-refractivity contribution >= 4 is 28.3 Å². The van der Waals surface area contributed by atoms with Crippen molar-refractivity contribution < 1.29 is 23.5 Å². The number of furan rings is 1. The van der Waals surface area contributed by atoms with E-state index in [1.54, 1.807) is 32.6 Å². The highest BCUT2D eigenvalue weighted by molar-refractivity contribution is 7.14. The number of thiazole rings is 1. The molecule has 35 heavy (non-hydrogen) atoms. The number of carbonyl (C=O) groups is 2. The average Bonchev–Trinajstić information content (AvgIpc) is 3.51. The van der Waals surface area contributed by atoms with Gasteiger partial charge in [-0.25, -0.2) is 4.98 Å².